The van der Waals surface area contributed by atoms with Crippen molar-refractivity contribution in [1.82, 2.24) is 5.32 Å². The van der Waals surface area contributed by atoms with E-state index in [4.69, 9.17) is 11.6 Å². The maximum atomic E-state index is 6.16. The number of benzene rings is 1. The van der Waals surface area contributed by atoms with Crippen molar-refractivity contribution in [2.45, 2.75) is 31.2 Å². The molecule has 0 aliphatic heterocycles. The smallest absolute Gasteiger partial charge is 0.0545 e. The summed E-state index contributed by atoms with van der Waals surface area (Å²) in [7, 11) is 0. The highest BCUT2D eigenvalue weighted by atomic mass is 35.5. The van der Waals surface area contributed by atoms with Crippen LogP contribution in [0.1, 0.15) is 31.9 Å². The summed E-state index contributed by atoms with van der Waals surface area (Å²) in [5, 5.41) is 4.30. The van der Waals surface area contributed by atoms with Gasteiger partial charge in [0.1, 0.15) is 0 Å². The number of hydrogen-bond donors (Lipinski definition) is 1. The van der Waals surface area contributed by atoms with Gasteiger partial charge in [0, 0.05) is 10.9 Å². The first-order chi connectivity index (χ1) is 7.19. The lowest BCUT2D eigenvalue weighted by atomic mass is 10.1. The van der Waals surface area contributed by atoms with Gasteiger partial charge in [-0.05, 0) is 43.8 Å². The van der Waals surface area contributed by atoms with E-state index in [9.17, 15) is 0 Å². The summed E-state index contributed by atoms with van der Waals surface area (Å²) in [6.07, 6.45) is 3.20. The molecule has 0 radical (unpaired) electrons. The lowest BCUT2D eigenvalue weighted by Crippen LogP contribution is -2.19. The second kappa shape index (κ2) is 6.41. The molecule has 0 aliphatic carbocycles. The fourth-order valence-electron chi connectivity index (χ4n) is 1.43. The summed E-state index contributed by atoms with van der Waals surface area (Å²) in [6.45, 7) is 5.38. The molecule has 1 rings (SSSR count). The third-order valence-electron chi connectivity index (χ3n) is 2.38. The van der Waals surface area contributed by atoms with Crippen molar-refractivity contribution in [2.75, 3.05) is 12.8 Å². The molecule has 1 aromatic carbocycles. The van der Waals surface area contributed by atoms with Crippen molar-refractivity contribution in [3.05, 3.63) is 28.8 Å². The van der Waals surface area contributed by atoms with Crippen LogP contribution in [0.3, 0.4) is 0 Å². The van der Waals surface area contributed by atoms with Crippen LogP contribution in [0.4, 0.5) is 0 Å². The summed E-state index contributed by atoms with van der Waals surface area (Å²) in [4.78, 5) is 1.14. The molecule has 0 amide bonds. The van der Waals surface area contributed by atoms with Gasteiger partial charge < -0.3 is 5.32 Å². The average molecular weight is 244 g/mol. The number of hydrogen-bond acceptors (Lipinski definition) is 2. The Bertz CT molecular complexity index is 314. The van der Waals surface area contributed by atoms with E-state index >= 15 is 0 Å². The van der Waals surface area contributed by atoms with Gasteiger partial charge in [0.05, 0.1) is 5.02 Å². The molecule has 0 spiro atoms. The fraction of sp³-hybridized carbons (Fsp3) is 0.500. The summed E-state index contributed by atoms with van der Waals surface area (Å²) in [5.74, 6) is 0. The zero-order chi connectivity index (χ0) is 11.3. The van der Waals surface area contributed by atoms with Crippen molar-refractivity contribution >= 4 is 23.4 Å². The molecule has 3 heteroatoms. The van der Waals surface area contributed by atoms with E-state index in [1.807, 2.05) is 6.26 Å². The molecular weight excluding hydrogens is 226 g/mol. The molecule has 0 aromatic heterocycles. The molecule has 0 saturated carbocycles. The van der Waals surface area contributed by atoms with Gasteiger partial charge in [0.25, 0.3) is 0 Å². The Balaban J connectivity index is 2.73. The molecule has 1 aromatic rings. The van der Waals surface area contributed by atoms with Gasteiger partial charge in [-0.2, -0.15) is 0 Å². The number of halogens is 1. The van der Waals surface area contributed by atoms with Gasteiger partial charge in [0.15, 0.2) is 0 Å². The van der Waals surface area contributed by atoms with Crippen LogP contribution >= 0.6 is 23.4 Å². The van der Waals surface area contributed by atoms with Crippen molar-refractivity contribution in [2.24, 2.45) is 0 Å². The number of thioether (sulfide) groups is 1. The number of rotatable bonds is 5. The molecular formula is C12H18ClNS. The van der Waals surface area contributed by atoms with Gasteiger partial charge >= 0.3 is 0 Å². The fourth-order valence-corrected chi connectivity index (χ4v) is 2.31. The second-order valence-electron chi connectivity index (χ2n) is 3.57. The molecule has 1 atom stereocenters. The van der Waals surface area contributed by atoms with Crippen LogP contribution < -0.4 is 5.32 Å². The van der Waals surface area contributed by atoms with Gasteiger partial charge in [0.2, 0.25) is 0 Å². The Kier molecular flexibility index (Phi) is 5.51. The van der Waals surface area contributed by atoms with E-state index in [2.05, 4.69) is 37.4 Å². The second-order valence-corrected chi connectivity index (χ2v) is 4.83. The van der Waals surface area contributed by atoms with Crippen LogP contribution in [0.25, 0.3) is 0 Å². The molecule has 1 N–H and O–H groups in total. The highest BCUT2D eigenvalue weighted by Crippen LogP contribution is 2.28. The van der Waals surface area contributed by atoms with Crippen LogP contribution in [0.15, 0.2) is 23.1 Å². The van der Waals surface area contributed by atoms with Crippen molar-refractivity contribution in [1.29, 1.82) is 0 Å². The van der Waals surface area contributed by atoms with Gasteiger partial charge in [-0.25, -0.2) is 0 Å². The van der Waals surface area contributed by atoms with Crippen molar-refractivity contribution in [3.8, 4) is 0 Å². The zero-order valence-electron chi connectivity index (χ0n) is 9.51. The molecule has 0 fully saturated rings. The van der Waals surface area contributed by atoms with E-state index in [0.29, 0.717) is 6.04 Å². The Morgan fingerprint density at radius 1 is 1.47 bits per heavy atom. The minimum Gasteiger partial charge on any atom is -0.310 e. The average Bonchev–Trinajstić information content (AvgIpc) is 2.25. The Morgan fingerprint density at radius 2 is 2.20 bits per heavy atom. The molecule has 1 nitrogen and oxygen atoms in total. The minimum atomic E-state index is 0.373. The monoisotopic (exact) mass is 243 g/mol. The van der Waals surface area contributed by atoms with Crippen LogP contribution in [0.2, 0.25) is 5.02 Å². The normalized spacial score (nSPS) is 12.8. The molecule has 0 heterocycles. The first-order valence-electron chi connectivity index (χ1n) is 5.25. The Hall–Kier alpha value is -0.180. The summed E-state index contributed by atoms with van der Waals surface area (Å²) >= 11 is 7.84. The van der Waals surface area contributed by atoms with Crippen molar-refractivity contribution in [3.63, 3.8) is 0 Å². The highest BCUT2D eigenvalue weighted by molar-refractivity contribution is 7.98. The van der Waals surface area contributed by atoms with E-state index in [-0.39, 0.29) is 0 Å². The number of nitrogens with one attached hydrogen (secondary N) is 1. The molecule has 0 saturated heterocycles. The van der Waals surface area contributed by atoms with E-state index in [1.165, 1.54) is 5.56 Å². The molecule has 84 valence electrons. The van der Waals surface area contributed by atoms with E-state index in [1.54, 1.807) is 11.8 Å². The first-order valence-corrected chi connectivity index (χ1v) is 6.86. The Labute approximate surface area is 102 Å². The minimum absolute atomic E-state index is 0.373. The lowest BCUT2D eigenvalue weighted by molar-refractivity contribution is 0.570. The lowest BCUT2D eigenvalue weighted by Gasteiger charge is -2.14. The molecule has 1 unspecified atom stereocenters. The van der Waals surface area contributed by atoms with Crippen LogP contribution in [-0.4, -0.2) is 12.8 Å². The summed E-state index contributed by atoms with van der Waals surface area (Å²) in [6, 6.07) is 6.66. The predicted octanol–water partition coefficient (Wildman–Crippen LogP) is 4.12. The topological polar surface area (TPSA) is 12.0 Å². The molecule has 15 heavy (non-hydrogen) atoms. The highest BCUT2D eigenvalue weighted by Gasteiger charge is 2.06. The third-order valence-corrected chi connectivity index (χ3v) is 3.60. The van der Waals surface area contributed by atoms with Crippen LogP contribution in [-0.2, 0) is 0 Å². The van der Waals surface area contributed by atoms with Crippen LogP contribution in [0, 0.1) is 0 Å². The van der Waals surface area contributed by atoms with Gasteiger partial charge in [-0.1, -0.05) is 24.6 Å². The zero-order valence-corrected chi connectivity index (χ0v) is 11.1. The molecule has 0 aliphatic rings. The SMILES string of the molecule is CCCNC(C)c1ccc(SC)c(Cl)c1. The summed E-state index contributed by atoms with van der Waals surface area (Å²) < 4.78 is 0. The van der Waals surface area contributed by atoms with Gasteiger partial charge in [-0.3, -0.25) is 0 Å². The predicted molar refractivity (Wildman–Crippen MR) is 69.9 cm³/mol. The first kappa shape index (κ1) is 12.9. The van der Waals surface area contributed by atoms with Gasteiger partial charge in [-0.15, -0.1) is 11.8 Å². The quantitative estimate of drug-likeness (QED) is 0.781. The standard InChI is InChI=1S/C12H18ClNS/c1-4-7-14-9(2)10-5-6-12(15-3)11(13)8-10/h5-6,8-9,14H,4,7H2,1-3H3. The van der Waals surface area contributed by atoms with E-state index in [0.717, 1.165) is 22.9 Å². The Morgan fingerprint density at radius 3 is 2.73 bits per heavy atom. The van der Waals surface area contributed by atoms with Crippen molar-refractivity contribution < 1.29 is 0 Å². The molecule has 0 bridgehead atoms. The summed E-state index contributed by atoms with van der Waals surface area (Å²) in [5.41, 5.74) is 1.26. The maximum Gasteiger partial charge on any atom is 0.0545 e. The van der Waals surface area contributed by atoms with Crippen LogP contribution in [0.5, 0.6) is 0 Å². The third kappa shape index (κ3) is 3.71. The largest absolute Gasteiger partial charge is 0.310 e. The maximum absolute atomic E-state index is 6.16. The van der Waals surface area contributed by atoms with E-state index < -0.39 is 0 Å².